The summed E-state index contributed by atoms with van der Waals surface area (Å²) in [6, 6.07) is 5.97. The molecule has 0 bridgehead atoms. The zero-order valence-corrected chi connectivity index (χ0v) is 13.0. The lowest BCUT2D eigenvalue weighted by Crippen LogP contribution is -2.04. The summed E-state index contributed by atoms with van der Waals surface area (Å²) in [5.74, 6) is 0.841. The van der Waals surface area contributed by atoms with Crippen molar-refractivity contribution in [1.29, 1.82) is 0 Å². The van der Waals surface area contributed by atoms with Gasteiger partial charge in [-0.2, -0.15) is 5.10 Å². The van der Waals surface area contributed by atoms with Gasteiger partial charge in [0.15, 0.2) is 0 Å². The van der Waals surface area contributed by atoms with Gasteiger partial charge in [-0.05, 0) is 37.2 Å². The molecule has 1 aromatic heterocycles. The summed E-state index contributed by atoms with van der Waals surface area (Å²) in [7, 11) is 3.63. The van der Waals surface area contributed by atoms with E-state index in [1.165, 1.54) is 0 Å². The van der Waals surface area contributed by atoms with Gasteiger partial charge >= 0.3 is 0 Å². The minimum atomic E-state index is 0.604. The van der Waals surface area contributed by atoms with Crippen LogP contribution in [0.4, 0.5) is 0 Å². The third-order valence-electron chi connectivity index (χ3n) is 3.18. The third-order valence-corrected chi connectivity index (χ3v) is 3.67. The summed E-state index contributed by atoms with van der Waals surface area (Å²) in [5, 5.41) is 4.55. The van der Waals surface area contributed by atoms with Crippen molar-refractivity contribution in [3.8, 4) is 17.0 Å². The van der Waals surface area contributed by atoms with Crippen LogP contribution in [0.3, 0.4) is 0 Å². The largest absolute Gasteiger partial charge is 0.496 e. The first-order valence-electron chi connectivity index (χ1n) is 6.15. The first-order chi connectivity index (χ1) is 9.08. The molecule has 0 aliphatic rings. The summed E-state index contributed by atoms with van der Waals surface area (Å²) in [6.07, 6.45) is 0.788. The van der Waals surface area contributed by atoms with Crippen molar-refractivity contribution in [2.24, 2.45) is 12.8 Å². The van der Waals surface area contributed by atoms with Crippen LogP contribution in [-0.4, -0.2) is 23.4 Å². The average Bonchev–Trinajstić information content (AvgIpc) is 2.65. The maximum absolute atomic E-state index is 5.63. The lowest BCUT2D eigenvalue weighted by atomic mass is 10.0. The molecule has 5 heteroatoms. The molecule has 1 heterocycles. The highest BCUT2D eigenvalue weighted by molar-refractivity contribution is 9.10. The Morgan fingerprint density at radius 1 is 1.42 bits per heavy atom. The van der Waals surface area contributed by atoms with Crippen molar-refractivity contribution < 1.29 is 4.74 Å². The quantitative estimate of drug-likeness (QED) is 0.941. The molecule has 0 radical (unpaired) electrons. The fourth-order valence-electron chi connectivity index (χ4n) is 2.30. The Hall–Kier alpha value is -1.33. The molecule has 0 aliphatic carbocycles. The van der Waals surface area contributed by atoms with E-state index in [4.69, 9.17) is 10.5 Å². The normalized spacial score (nSPS) is 10.8. The second-order valence-electron chi connectivity index (χ2n) is 4.43. The average molecular weight is 324 g/mol. The highest BCUT2D eigenvalue weighted by atomic mass is 79.9. The van der Waals surface area contributed by atoms with Gasteiger partial charge in [0, 0.05) is 23.5 Å². The second-order valence-corrected chi connectivity index (χ2v) is 5.34. The van der Waals surface area contributed by atoms with Crippen molar-refractivity contribution in [2.75, 3.05) is 13.7 Å². The first kappa shape index (κ1) is 14.1. The molecule has 0 spiro atoms. The number of benzene rings is 1. The molecule has 0 saturated heterocycles. The van der Waals surface area contributed by atoms with Crippen LogP contribution in [0.5, 0.6) is 5.75 Å². The van der Waals surface area contributed by atoms with Crippen molar-refractivity contribution in [3.05, 3.63) is 33.9 Å². The molecular weight excluding hydrogens is 306 g/mol. The molecular formula is C14H18BrN3O. The van der Waals surface area contributed by atoms with Crippen LogP contribution in [0.2, 0.25) is 0 Å². The topological polar surface area (TPSA) is 53.1 Å². The van der Waals surface area contributed by atoms with Crippen LogP contribution in [0, 0.1) is 6.92 Å². The maximum atomic E-state index is 5.63. The lowest BCUT2D eigenvalue weighted by Gasteiger charge is -2.10. The van der Waals surface area contributed by atoms with Crippen LogP contribution < -0.4 is 10.5 Å². The fourth-order valence-corrected chi connectivity index (χ4v) is 2.66. The molecule has 0 atom stereocenters. The minimum absolute atomic E-state index is 0.604. The van der Waals surface area contributed by atoms with Crippen molar-refractivity contribution >= 4 is 15.9 Å². The number of methoxy groups -OCH3 is 1. The molecule has 2 N–H and O–H groups in total. The first-order valence-corrected chi connectivity index (χ1v) is 6.94. The molecule has 0 aliphatic heterocycles. The van der Waals surface area contributed by atoms with Crippen LogP contribution in [0.15, 0.2) is 22.7 Å². The van der Waals surface area contributed by atoms with E-state index in [2.05, 4.69) is 34.0 Å². The Morgan fingerprint density at radius 2 is 2.16 bits per heavy atom. The number of nitrogens with two attached hydrogens (primary N) is 1. The van der Waals surface area contributed by atoms with Crippen molar-refractivity contribution in [3.63, 3.8) is 0 Å². The Balaban J connectivity index is 2.61. The molecule has 2 aromatic rings. The van der Waals surface area contributed by atoms with Crippen LogP contribution in [-0.2, 0) is 13.5 Å². The van der Waals surface area contributed by atoms with Gasteiger partial charge in [0.05, 0.1) is 18.5 Å². The smallest absolute Gasteiger partial charge is 0.128 e. The predicted octanol–water partition coefficient (Wildman–Crippen LogP) is 2.67. The molecule has 0 saturated carbocycles. The van der Waals surface area contributed by atoms with E-state index in [1.807, 2.05) is 23.9 Å². The van der Waals surface area contributed by atoms with E-state index >= 15 is 0 Å². The number of ether oxygens (including phenoxy) is 1. The summed E-state index contributed by atoms with van der Waals surface area (Å²) >= 11 is 3.50. The third kappa shape index (κ3) is 2.67. The van der Waals surface area contributed by atoms with E-state index in [1.54, 1.807) is 7.11 Å². The van der Waals surface area contributed by atoms with Gasteiger partial charge in [0.25, 0.3) is 0 Å². The van der Waals surface area contributed by atoms with Gasteiger partial charge in [0.1, 0.15) is 5.75 Å². The Kier molecular flexibility index (Phi) is 4.27. The number of nitrogens with zero attached hydrogens (tertiary/aromatic N) is 2. The zero-order valence-electron chi connectivity index (χ0n) is 11.4. The van der Waals surface area contributed by atoms with E-state index in [0.717, 1.165) is 39.2 Å². The zero-order chi connectivity index (χ0) is 14.0. The highest BCUT2D eigenvalue weighted by Crippen LogP contribution is 2.35. The van der Waals surface area contributed by atoms with E-state index in [9.17, 15) is 0 Å². The molecule has 4 nitrogen and oxygen atoms in total. The molecule has 19 heavy (non-hydrogen) atoms. The van der Waals surface area contributed by atoms with Gasteiger partial charge < -0.3 is 10.5 Å². The summed E-state index contributed by atoms with van der Waals surface area (Å²) in [4.78, 5) is 0. The Bertz CT molecular complexity index is 593. The molecule has 0 unspecified atom stereocenters. The van der Waals surface area contributed by atoms with Crippen molar-refractivity contribution in [1.82, 2.24) is 9.78 Å². The summed E-state index contributed by atoms with van der Waals surface area (Å²) < 4.78 is 8.36. The lowest BCUT2D eigenvalue weighted by molar-refractivity contribution is 0.416. The number of hydrogen-bond acceptors (Lipinski definition) is 3. The molecule has 0 fully saturated rings. The van der Waals surface area contributed by atoms with Gasteiger partial charge in [-0.1, -0.05) is 15.9 Å². The molecule has 1 aromatic carbocycles. The number of rotatable bonds is 4. The highest BCUT2D eigenvalue weighted by Gasteiger charge is 2.17. The van der Waals surface area contributed by atoms with Gasteiger partial charge in [-0.3, -0.25) is 4.68 Å². The summed E-state index contributed by atoms with van der Waals surface area (Å²) in [5.41, 5.74) is 9.93. The number of aryl methyl sites for hydroxylation is 1. The summed E-state index contributed by atoms with van der Waals surface area (Å²) in [6.45, 7) is 2.68. The predicted molar refractivity (Wildman–Crippen MR) is 80.4 cm³/mol. The number of halogens is 1. The van der Waals surface area contributed by atoms with Crippen LogP contribution in [0.25, 0.3) is 11.3 Å². The molecule has 2 rings (SSSR count). The maximum Gasteiger partial charge on any atom is 0.128 e. The van der Waals surface area contributed by atoms with Gasteiger partial charge in [-0.15, -0.1) is 0 Å². The fraction of sp³-hybridized carbons (Fsp3) is 0.357. The Labute approximate surface area is 121 Å². The van der Waals surface area contributed by atoms with Gasteiger partial charge in [0.2, 0.25) is 0 Å². The van der Waals surface area contributed by atoms with Crippen molar-refractivity contribution in [2.45, 2.75) is 13.3 Å². The van der Waals surface area contributed by atoms with E-state index in [0.29, 0.717) is 6.54 Å². The van der Waals surface area contributed by atoms with Crippen LogP contribution >= 0.6 is 15.9 Å². The van der Waals surface area contributed by atoms with E-state index < -0.39 is 0 Å². The number of hydrogen-bond donors (Lipinski definition) is 1. The minimum Gasteiger partial charge on any atom is -0.496 e. The SMILES string of the molecule is COc1ccc(Br)cc1-c1c(C)c(CCN)nn1C. The molecule has 0 amide bonds. The van der Waals surface area contributed by atoms with Crippen LogP contribution in [0.1, 0.15) is 11.3 Å². The standard InChI is InChI=1S/C14H18BrN3O/c1-9-12(6-7-16)17-18(2)14(9)11-8-10(15)4-5-13(11)19-3/h4-5,8H,6-7,16H2,1-3H3. The Morgan fingerprint density at radius 3 is 2.79 bits per heavy atom. The van der Waals surface area contributed by atoms with Gasteiger partial charge in [-0.25, -0.2) is 0 Å². The van der Waals surface area contributed by atoms with E-state index in [-0.39, 0.29) is 0 Å². The second kappa shape index (κ2) is 5.75. The molecule has 102 valence electrons. The number of aromatic nitrogens is 2. The monoisotopic (exact) mass is 323 g/mol.